The van der Waals surface area contributed by atoms with E-state index in [1.54, 1.807) is 6.92 Å². The van der Waals surface area contributed by atoms with E-state index in [0.717, 1.165) is 13.0 Å². The van der Waals surface area contributed by atoms with E-state index in [-0.39, 0.29) is 5.69 Å². The zero-order valence-electron chi connectivity index (χ0n) is 11.1. The van der Waals surface area contributed by atoms with Gasteiger partial charge in [-0.25, -0.2) is 4.90 Å². The van der Waals surface area contributed by atoms with Crippen LogP contribution in [0.4, 0.5) is 11.4 Å². The summed E-state index contributed by atoms with van der Waals surface area (Å²) in [5.41, 5.74) is -1.05. The fraction of sp³-hybridized carbons (Fsp3) is 0.154. The summed E-state index contributed by atoms with van der Waals surface area (Å²) >= 11 is 0. The first-order valence-corrected chi connectivity index (χ1v) is 5.81. The van der Waals surface area contributed by atoms with E-state index in [2.05, 4.69) is 0 Å². The van der Waals surface area contributed by atoms with Gasteiger partial charge in [0.05, 0.1) is 10.5 Å². The van der Waals surface area contributed by atoms with Gasteiger partial charge in [-0.15, -0.1) is 0 Å². The maximum atomic E-state index is 12.1. The van der Waals surface area contributed by atoms with E-state index >= 15 is 0 Å². The molecule has 1 aliphatic rings. The highest BCUT2D eigenvalue weighted by atomic mass is 16.6. The standard InChI is InChI=1S/C13H10N2O6/c1-6-3-4-8(15(20)21)9(5-6)14-12(18)10(7(2)16)11(17)13(14)19/h3-5,17H,1-2H3/p-1. The van der Waals surface area contributed by atoms with Crippen LogP contribution in [0.1, 0.15) is 12.5 Å². The smallest absolute Gasteiger partial charge is 0.293 e. The van der Waals surface area contributed by atoms with Crippen LogP contribution < -0.4 is 10.0 Å². The summed E-state index contributed by atoms with van der Waals surface area (Å²) in [7, 11) is 0. The number of amides is 2. The van der Waals surface area contributed by atoms with Crippen molar-refractivity contribution in [3.05, 3.63) is 45.2 Å². The lowest BCUT2D eigenvalue weighted by Crippen LogP contribution is -2.34. The Morgan fingerprint density at radius 2 is 1.86 bits per heavy atom. The van der Waals surface area contributed by atoms with Crippen LogP contribution in [0.15, 0.2) is 29.5 Å². The molecule has 8 nitrogen and oxygen atoms in total. The molecule has 8 heteroatoms. The lowest BCUT2D eigenvalue weighted by molar-refractivity contribution is -0.384. The van der Waals surface area contributed by atoms with E-state index in [4.69, 9.17) is 0 Å². The van der Waals surface area contributed by atoms with E-state index in [9.17, 15) is 29.6 Å². The molecule has 21 heavy (non-hydrogen) atoms. The van der Waals surface area contributed by atoms with E-state index in [1.807, 2.05) is 0 Å². The number of hydrogen-bond acceptors (Lipinski definition) is 6. The number of benzene rings is 1. The third-order valence-corrected chi connectivity index (χ3v) is 2.96. The molecule has 1 heterocycles. The SMILES string of the molecule is CC(=O)C1=C([O-])C(=O)N(c2cc(C)ccc2[N+](=O)[O-])C1=O. The van der Waals surface area contributed by atoms with Gasteiger partial charge in [-0.1, -0.05) is 6.07 Å². The number of nitro benzene ring substituents is 1. The molecule has 1 aromatic rings. The summed E-state index contributed by atoms with van der Waals surface area (Å²) in [6.07, 6.45) is 0. The fourth-order valence-corrected chi connectivity index (χ4v) is 2.01. The molecule has 0 spiro atoms. The number of Topliss-reactive ketones (excluding diaryl/α,β-unsaturated/α-hetero) is 1. The van der Waals surface area contributed by atoms with Crippen molar-refractivity contribution < 1.29 is 24.4 Å². The molecule has 0 radical (unpaired) electrons. The summed E-state index contributed by atoms with van der Waals surface area (Å²) < 4.78 is 0. The Bertz CT molecular complexity index is 734. The van der Waals surface area contributed by atoms with Crippen LogP contribution >= 0.6 is 0 Å². The van der Waals surface area contributed by atoms with Gasteiger partial charge in [-0.2, -0.15) is 0 Å². The lowest BCUT2D eigenvalue weighted by atomic mass is 10.1. The minimum absolute atomic E-state index is 0.320. The highest BCUT2D eigenvalue weighted by molar-refractivity contribution is 6.40. The van der Waals surface area contributed by atoms with Gasteiger partial charge in [-0.3, -0.25) is 24.5 Å². The molecule has 0 bridgehead atoms. The van der Waals surface area contributed by atoms with Crippen molar-refractivity contribution in [2.45, 2.75) is 13.8 Å². The molecule has 2 rings (SSSR count). The first-order valence-electron chi connectivity index (χ1n) is 5.81. The number of nitro groups is 1. The monoisotopic (exact) mass is 289 g/mol. The van der Waals surface area contributed by atoms with Crippen LogP contribution in [0, 0.1) is 17.0 Å². The first-order chi connectivity index (χ1) is 9.75. The number of carbonyl (C=O) groups excluding carboxylic acids is 3. The molecule has 2 amide bonds. The summed E-state index contributed by atoms with van der Waals surface area (Å²) in [6.45, 7) is 2.59. The Balaban J connectivity index is 2.63. The molecule has 0 atom stereocenters. The second kappa shape index (κ2) is 4.82. The van der Waals surface area contributed by atoms with Gasteiger partial charge in [0.15, 0.2) is 5.78 Å². The lowest BCUT2D eigenvalue weighted by Gasteiger charge is -2.16. The van der Waals surface area contributed by atoms with E-state index in [0.29, 0.717) is 10.5 Å². The molecule has 0 aliphatic carbocycles. The third-order valence-electron chi connectivity index (χ3n) is 2.96. The van der Waals surface area contributed by atoms with E-state index < -0.39 is 39.5 Å². The number of anilines is 1. The van der Waals surface area contributed by atoms with Crippen LogP contribution in [0.25, 0.3) is 0 Å². The van der Waals surface area contributed by atoms with Gasteiger partial charge >= 0.3 is 0 Å². The maximum absolute atomic E-state index is 12.1. The number of aryl methyl sites for hydroxylation is 1. The number of ketones is 1. The van der Waals surface area contributed by atoms with Gasteiger partial charge in [0, 0.05) is 6.07 Å². The number of rotatable bonds is 3. The van der Waals surface area contributed by atoms with Crippen molar-refractivity contribution in [1.29, 1.82) is 0 Å². The van der Waals surface area contributed by atoms with Gasteiger partial charge in [0.2, 0.25) is 0 Å². The first kappa shape index (κ1) is 14.4. The maximum Gasteiger partial charge on any atom is 0.293 e. The highest BCUT2D eigenvalue weighted by Gasteiger charge is 2.39. The summed E-state index contributed by atoms with van der Waals surface area (Å²) in [6, 6.07) is 3.80. The summed E-state index contributed by atoms with van der Waals surface area (Å²) in [4.78, 5) is 45.8. The van der Waals surface area contributed by atoms with Crippen molar-refractivity contribution in [2.24, 2.45) is 0 Å². The number of nitrogens with zero attached hydrogens (tertiary/aromatic N) is 2. The van der Waals surface area contributed by atoms with Crippen molar-refractivity contribution in [3.63, 3.8) is 0 Å². The molecular formula is C13H9N2O6-. The van der Waals surface area contributed by atoms with Crippen LogP contribution in [0.5, 0.6) is 0 Å². The van der Waals surface area contributed by atoms with Gasteiger partial charge < -0.3 is 5.11 Å². The molecule has 1 aliphatic heterocycles. The molecule has 0 saturated heterocycles. The third kappa shape index (κ3) is 2.16. The minimum atomic E-state index is -1.26. The normalized spacial score (nSPS) is 14.9. The van der Waals surface area contributed by atoms with Crippen LogP contribution in [0.2, 0.25) is 0 Å². The van der Waals surface area contributed by atoms with Crippen molar-refractivity contribution in [3.8, 4) is 0 Å². The van der Waals surface area contributed by atoms with Crippen molar-refractivity contribution >= 4 is 29.0 Å². The van der Waals surface area contributed by atoms with Crippen LogP contribution in [0.3, 0.4) is 0 Å². The average molecular weight is 289 g/mol. The molecule has 0 N–H and O–H groups in total. The predicted molar refractivity (Wildman–Crippen MR) is 68.0 cm³/mol. The van der Waals surface area contributed by atoms with E-state index in [1.165, 1.54) is 12.1 Å². The Labute approximate surface area is 118 Å². The molecule has 0 saturated carbocycles. The molecule has 0 unspecified atom stereocenters. The minimum Gasteiger partial charge on any atom is -0.868 e. The topological polar surface area (TPSA) is 121 Å². The second-order valence-corrected chi connectivity index (χ2v) is 4.46. The summed E-state index contributed by atoms with van der Waals surface area (Å²) in [5.74, 6) is -4.50. The zero-order chi connectivity index (χ0) is 15.9. The largest absolute Gasteiger partial charge is 0.868 e. The Hall–Kier alpha value is -3.03. The van der Waals surface area contributed by atoms with Crippen molar-refractivity contribution in [2.75, 3.05) is 4.90 Å². The van der Waals surface area contributed by atoms with Crippen molar-refractivity contribution in [1.82, 2.24) is 0 Å². The van der Waals surface area contributed by atoms with Gasteiger partial charge in [0.1, 0.15) is 5.69 Å². The molecule has 1 aromatic carbocycles. The molecule has 0 fully saturated rings. The molecule has 0 aromatic heterocycles. The number of imide groups is 1. The summed E-state index contributed by atoms with van der Waals surface area (Å²) in [5, 5.41) is 22.7. The molecule has 108 valence electrons. The Kier molecular flexibility index (Phi) is 3.30. The highest BCUT2D eigenvalue weighted by Crippen LogP contribution is 2.33. The Morgan fingerprint density at radius 1 is 1.24 bits per heavy atom. The number of hydrogen-bond donors (Lipinski definition) is 0. The van der Waals surface area contributed by atoms with Crippen LogP contribution in [-0.2, 0) is 14.4 Å². The fourth-order valence-electron chi connectivity index (χ4n) is 2.01. The van der Waals surface area contributed by atoms with Gasteiger partial charge in [0.25, 0.3) is 17.5 Å². The average Bonchev–Trinajstić information content (AvgIpc) is 2.59. The molecular weight excluding hydrogens is 280 g/mol. The van der Waals surface area contributed by atoms with Crippen LogP contribution in [-0.4, -0.2) is 22.5 Å². The number of carbonyl (C=O) groups is 3. The zero-order valence-corrected chi connectivity index (χ0v) is 11.1. The van der Waals surface area contributed by atoms with Gasteiger partial charge in [-0.05, 0) is 31.2 Å². The predicted octanol–water partition coefficient (Wildman–Crippen LogP) is -0.0202. The quantitative estimate of drug-likeness (QED) is 0.333. The Morgan fingerprint density at radius 3 is 2.33 bits per heavy atom. The second-order valence-electron chi connectivity index (χ2n) is 4.46.